The molecular weight excluding hydrogens is 306 g/mol. The summed E-state index contributed by atoms with van der Waals surface area (Å²) in [6, 6.07) is 7.02. The highest BCUT2D eigenvalue weighted by Gasteiger charge is 2.31. The van der Waals surface area contributed by atoms with Gasteiger partial charge < -0.3 is 0 Å². The number of rotatable bonds is 2. The van der Waals surface area contributed by atoms with Gasteiger partial charge >= 0.3 is 0 Å². The van der Waals surface area contributed by atoms with Crippen LogP contribution in [0.2, 0.25) is 12.1 Å². The first-order valence-corrected chi connectivity index (χ1v) is 11.6. The van der Waals surface area contributed by atoms with Gasteiger partial charge in [-0.25, -0.2) is 8.78 Å². The van der Waals surface area contributed by atoms with E-state index in [1.165, 1.54) is 49.9 Å². The maximum absolute atomic E-state index is 13.4. The standard InChI is InChI=1S/C17H23ClF2Si/c18-21-9-7-14(8-10-21)12-1-3-13(4-2-12)15-5-6-16(19)17(20)11-15/h5-6,11-14,21H,1-4,7-10H2. The lowest BCUT2D eigenvalue weighted by Gasteiger charge is -2.36. The molecule has 0 nitrogen and oxygen atoms in total. The molecule has 0 aromatic heterocycles. The van der Waals surface area contributed by atoms with Crippen LogP contribution >= 0.6 is 11.1 Å². The Kier molecular flexibility index (Phi) is 5.00. The summed E-state index contributed by atoms with van der Waals surface area (Å²) in [6.45, 7) is 0. The van der Waals surface area contributed by atoms with Gasteiger partial charge in [0.05, 0.1) is 0 Å². The van der Waals surface area contributed by atoms with Crippen LogP contribution in [0.4, 0.5) is 8.78 Å². The largest absolute Gasteiger partial charge is 0.204 e. The first-order valence-electron chi connectivity index (χ1n) is 8.22. The van der Waals surface area contributed by atoms with Crippen molar-refractivity contribution in [2.24, 2.45) is 11.8 Å². The summed E-state index contributed by atoms with van der Waals surface area (Å²) in [5.74, 6) is 0.674. The van der Waals surface area contributed by atoms with E-state index in [0.29, 0.717) is 5.92 Å². The number of hydrogen-bond acceptors (Lipinski definition) is 0. The molecule has 0 radical (unpaired) electrons. The Hall–Kier alpha value is -0.413. The summed E-state index contributed by atoms with van der Waals surface area (Å²) in [7, 11) is -0.864. The van der Waals surface area contributed by atoms with Crippen molar-refractivity contribution in [3.05, 3.63) is 35.4 Å². The van der Waals surface area contributed by atoms with E-state index in [4.69, 9.17) is 11.1 Å². The molecule has 0 atom stereocenters. The molecule has 1 saturated heterocycles. The van der Waals surface area contributed by atoms with E-state index in [1.54, 1.807) is 6.07 Å². The van der Waals surface area contributed by atoms with Crippen LogP contribution in [0, 0.1) is 23.5 Å². The molecule has 1 saturated carbocycles. The normalized spacial score (nSPS) is 33.9. The molecule has 1 aromatic carbocycles. The molecule has 1 aliphatic carbocycles. The van der Waals surface area contributed by atoms with E-state index in [-0.39, 0.29) is 0 Å². The second-order valence-electron chi connectivity index (χ2n) is 6.80. The molecule has 0 unspecified atom stereocenters. The van der Waals surface area contributed by atoms with Gasteiger partial charge in [-0.05, 0) is 73.2 Å². The fourth-order valence-corrected chi connectivity index (χ4v) is 6.86. The predicted octanol–water partition coefficient (Wildman–Crippen LogP) is 5.61. The van der Waals surface area contributed by atoms with Gasteiger partial charge in [-0.3, -0.25) is 0 Å². The second-order valence-corrected chi connectivity index (χ2v) is 11.0. The SMILES string of the molecule is Fc1ccc(C2CCC(C3CC[SiH](Cl)CC3)CC2)cc1F. The quantitative estimate of drug-likeness (QED) is 0.489. The zero-order chi connectivity index (χ0) is 14.8. The summed E-state index contributed by atoms with van der Waals surface area (Å²) in [5.41, 5.74) is 0.976. The van der Waals surface area contributed by atoms with Crippen LogP contribution in [0.5, 0.6) is 0 Å². The van der Waals surface area contributed by atoms with E-state index in [1.807, 2.05) is 0 Å². The molecule has 1 heterocycles. The van der Waals surface area contributed by atoms with Crippen molar-refractivity contribution in [1.29, 1.82) is 0 Å². The first-order chi connectivity index (χ1) is 10.1. The molecule has 1 aliphatic heterocycles. The Bertz CT molecular complexity index is 478. The number of halogens is 3. The van der Waals surface area contributed by atoms with E-state index < -0.39 is 19.7 Å². The van der Waals surface area contributed by atoms with Gasteiger partial charge in [0.1, 0.15) is 8.11 Å². The average Bonchev–Trinajstić information content (AvgIpc) is 2.51. The molecule has 2 aliphatic rings. The molecule has 1 aromatic rings. The highest BCUT2D eigenvalue weighted by Crippen LogP contribution is 2.43. The minimum atomic E-state index is -0.864. The van der Waals surface area contributed by atoms with Crippen molar-refractivity contribution in [3.8, 4) is 0 Å². The van der Waals surface area contributed by atoms with Crippen molar-refractivity contribution in [3.63, 3.8) is 0 Å². The van der Waals surface area contributed by atoms with E-state index in [2.05, 4.69) is 0 Å². The Morgan fingerprint density at radius 3 is 2.10 bits per heavy atom. The third-order valence-electron chi connectivity index (χ3n) is 5.55. The Balaban J connectivity index is 1.56. The molecule has 0 amide bonds. The lowest BCUT2D eigenvalue weighted by atomic mass is 9.72. The van der Waals surface area contributed by atoms with E-state index in [0.717, 1.165) is 30.2 Å². The summed E-state index contributed by atoms with van der Waals surface area (Å²) < 4.78 is 26.4. The Morgan fingerprint density at radius 1 is 0.857 bits per heavy atom. The molecule has 0 N–H and O–H groups in total. The summed E-state index contributed by atoms with van der Waals surface area (Å²) >= 11 is 6.32. The summed E-state index contributed by atoms with van der Waals surface area (Å²) in [5, 5.41) is 0. The van der Waals surface area contributed by atoms with Crippen LogP contribution in [0.3, 0.4) is 0 Å². The van der Waals surface area contributed by atoms with Gasteiger partial charge in [0.25, 0.3) is 0 Å². The van der Waals surface area contributed by atoms with Crippen molar-refractivity contribution in [2.45, 2.75) is 56.5 Å². The van der Waals surface area contributed by atoms with Gasteiger partial charge in [0, 0.05) is 0 Å². The molecule has 2 fully saturated rings. The fourth-order valence-electron chi connectivity index (χ4n) is 4.24. The monoisotopic (exact) mass is 328 g/mol. The van der Waals surface area contributed by atoms with Gasteiger partial charge in [-0.2, -0.15) is 11.1 Å². The zero-order valence-corrected chi connectivity index (χ0v) is 14.2. The molecule has 21 heavy (non-hydrogen) atoms. The average molecular weight is 329 g/mol. The van der Waals surface area contributed by atoms with E-state index >= 15 is 0 Å². The van der Waals surface area contributed by atoms with Crippen LogP contribution < -0.4 is 0 Å². The van der Waals surface area contributed by atoms with Crippen LogP contribution in [0.15, 0.2) is 18.2 Å². The van der Waals surface area contributed by atoms with Crippen LogP contribution in [0.1, 0.15) is 50.0 Å². The van der Waals surface area contributed by atoms with Gasteiger partial charge in [-0.15, -0.1) is 0 Å². The van der Waals surface area contributed by atoms with E-state index in [9.17, 15) is 8.78 Å². The van der Waals surface area contributed by atoms with Crippen molar-refractivity contribution in [2.75, 3.05) is 0 Å². The predicted molar refractivity (Wildman–Crippen MR) is 86.4 cm³/mol. The first kappa shape index (κ1) is 15.5. The highest BCUT2D eigenvalue weighted by atomic mass is 35.6. The Morgan fingerprint density at radius 2 is 1.48 bits per heavy atom. The second kappa shape index (κ2) is 6.78. The molecular formula is C17H23ClF2Si. The highest BCUT2D eigenvalue weighted by molar-refractivity contribution is 7.07. The maximum atomic E-state index is 13.4. The van der Waals surface area contributed by atoms with Crippen LogP contribution in [-0.4, -0.2) is 8.11 Å². The van der Waals surface area contributed by atoms with Gasteiger partial charge in [0.2, 0.25) is 0 Å². The summed E-state index contributed by atoms with van der Waals surface area (Å²) in [4.78, 5) is 0. The number of benzene rings is 1. The Labute approximate surface area is 132 Å². The number of hydrogen-bond donors (Lipinski definition) is 0. The lowest BCUT2D eigenvalue weighted by Crippen LogP contribution is -2.26. The third-order valence-corrected chi connectivity index (χ3v) is 8.78. The van der Waals surface area contributed by atoms with Gasteiger partial charge in [-0.1, -0.05) is 18.9 Å². The van der Waals surface area contributed by atoms with Crippen molar-refractivity contribution < 1.29 is 8.78 Å². The minimum Gasteiger partial charge on any atom is -0.204 e. The molecule has 0 bridgehead atoms. The molecule has 0 spiro atoms. The fraction of sp³-hybridized carbons (Fsp3) is 0.647. The smallest absolute Gasteiger partial charge is 0.159 e. The lowest BCUT2D eigenvalue weighted by molar-refractivity contribution is 0.216. The van der Waals surface area contributed by atoms with Crippen molar-refractivity contribution >= 4 is 19.2 Å². The minimum absolute atomic E-state index is 0.412. The molecule has 4 heteroatoms. The topological polar surface area (TPSA) is 0 Å². The zero-order valence-electron chi connectivity index (χ0n) is 12.3. The third kappa shape index (κ3) is 3.68. The maximum Gasteiger partial charge on any atom is 0.159 e. The molecule has 116 valence electrons. The molecule has 3 rings (SSSR count). The van der Waals surface area contributed by atoms with Crippen molar-refractivity contribution in [1.82, 2.24) is 0 Å². The van der Waals surface area contributed by atoms with Crippen LogP contribution in [-0.2, 0) is 0 Å². The van der Waals surface area contributed by atoms with Gasteiger partial charge in [0.15, 0.2) is 11.6 Å². The summed E-state index contributed by atoms with van der Waals surface area (Å²) in [6.07, 6.45) is 7.38. The van der Waals surface area contributed by atoms with Crippen LogP contribution in [0.25, 0.3) is 0 Å².